The highest BCUT2D eigenvalue weighted by Crippen LogP contribution is 2.25. The number of amides is 3. The van der Waals surface area contributed by atoms with Crippen molar-refractivity contribution < 1.29 is 14.4 Å². The highest BCUT2D eigenvalue weighted by molar-refractivity contribution is 7.16. The van der Waals surface area contributed by atoms with Crippen LogP contribution in [-0.4, -0.2) is 64.6 Å². The van der Waals surface area contributed by atoms with Crippen LogP contribution in [0.4, 0.5) is 0 Å². The zero-order valence-corrected chi connectivity index (χ0v) is 15.8. The molecule has 0 saturated carbocycles. The van der Waals surface area contributed by atoms with Crippen LogP contribution in [-0.2, 0) is 20.9 Å². The van der Waals surface area contributed by atoms with E-state index < -0.39 is 6.04 Å². The summed E-state index contributed by atoms with van der Waals surface area (Å²) in [6.45, 7) is 4.26. The molecule has 0 bridgehead atoms. The number of likely N-dealkylation sites (tertiary alicyclic amines) is 1. The number of halogens is 1. The Balaban J connectivity index is 1.53. The van der Waals surface area contributed by atoms with E-state index in [2.05, 4.69) is 0 Å². The Bertz CT molecular complexity index is 678. The molecule has 6 nitrogen and oxygen atoms in total. The van der Waals surface area contributed by atoms with E-state index in [1.807, 2.05) is 11.0 Å². The van der Waals surface area contributed by atoms with Gasteiger partial charge in [-0.05, 0) is 31.9 Å². The lowest BCUT2D eigenvalue weighted by Gasteiger charge is -2.38. The number of thiophene rings is 1. The molecule has 0 aromatic carbocycles. The molecule has 0 unspecified atom stereocenters. The molecule has 2 aliphatic rings. The van der Waals surface area contributed by atoms with Gasteiger partial charge in [-0.15, -0.1) is 11.3 Å². The molecule has 2 saturated heterocycles. The maximum atomic E-state index is 12.6. The van der Waals surface area contributed by atoms with E-state index in [-0.39, 0.29) is 24.3 Å². The van der Waals surface area contributed by atoms with Crippen molar-refractivity contribution in [2.24, 2.45) is 0 Å². The fourth-order valence-electron chi connectivity index (χ4n) is 3.36. The normalized spacial score (nSPS) is 21.6. The standard InChI is InChI=1S/C17H22ClN3O3S/c1-12-17(24)20(9-3-8-19-7-2-4-15(19)22)11-16(23)21(12)10-13-5-6-14(18)25-13/h5-6,12H,2-4,7-11H2,1H3/t12-/m0/s1. The van der Waals surface area contributed by atoms with Gasteiger partial charge in [0.05, 0.1) is 17.4 Å². The Hall–Kier alpha value is -1.60. The van der Waals surface area contributed by atoms with E-state index >= 15 is 0 Å². The summed E-state index contributed by atoms with van der Waals surface area (Å²) in [7, 11) is 0. The summed E-state index contributed by atoms with van der Waals surface area (Å²) >= 11 is 7.36. The Kier molecular flexibility index (Phi) is 5.64. The Labute approximate surface area is 156 Å². The van der Waals surface area contributed by atoms with Gasteiger partial charge in [-0.25, -0.2) is 0 Å². The number of piperazine rings is 1. The fraction of sp³-hybridized carbons (Fsp3) is 0.588. The molecule has 0 radical (unpaired) electrons. The van der Waals surface area contributed by atoms with Crippen LogP contribution in [0.25, 0.3) is 0 Å². The molecule has 3 rings (SSSR count). The first-order valence-electron chi connectivity index (χ1n) is 8.56. The summed E-state index contributed by atoms with van der Waals surface area (Å²) < 4.78 is 0.677. The predicted molar refractivity (Wildman–Crippen MR) is 96.4 cm³/mol. The van der Waals surface area contributed by atoms with Gasteiger partial charge in [0, 0.05) is 30.9 Å². The first kappa shape index (κ1) is 18.2. The summed E-state index contributed by atoms with van der Waals surface area (Å²) in [4.78, 5) is 42.7. The molecule has 1 aromatic heterocycles. The highest BCUT2D eigenvalue weighted by Gasteiger charge is 2.36. The van der Waals surface area contributed by atoms with Gasteiger partial charge in [0.25, 0.3) is 0 Å². The molecule has 8 heteroatoms. The molecule has 0 aliphatic carbocycles. The summed E-state index contributed by atoms with van der Waals surface area (Å²) in [5.41, 5.74) is 0. The topological polar surface area (TPSA) is 60.9 Å². The Morgan fingerprint density at radius 3 is 2.56 bits per heavy atom. The monoisotopic (exact) mass is 383 g/mol. The van der Waals surface area contributed by atoms with Gasteiger partial charge in [-0.2, -0.15) is 0 Å². The highest BCUT2D eigenvalue weighted by atomic mass is 35.5. The van der Waals surface area contributed by atoms with Crippen LogP contribution in [0.5, 0.6) is 0 Å². The Morgan fingerprint density at radius 2 is 1.92 bits per heavy atom. The second kappa shape index (κ2) is 7.74. The van der Waals surface area contributed by atoms with Crippen molar-refractivity contribution >= 4 is 40.7 Å². The molecular formula is C17H22ClN3O3S. The number of hydrogen-bond acceptors (Lipinski definition) is 4. The smallest absolute Gasteiger partial charge is 0.245 e. The summed E-state index contributed by atoms with van der Waals surface area (Å²) in [5, 5.41) is 0. The molecule has 1 atom stereocenters. The third-order valence-electron chi connectivity index (χ3n) is 4.77. The summed E-state index contributed by atoms with van der Waals surface area (Å²) in [6.07, 6.45) is 2.25. The quantitative estimate of drug-likeness (QED) is 0.754. The van der Waals surface area contributed by atoms with Crippen molar-refractivity contribution in [1.29, 1.82) is 0 Å². The van der Waals surface area contributed by atoms with Crippen LogP contribution in [0, 0.1) is 0 Å². The number of carbonyl (C=O) groups is 3. The van der Waals surface area contributed by atoms with E-state index in [0.29, 0.717) is 36.8 Å². The first-order valence-corrected chi connectivity index (χ1v) is 9.75. The molecular weight excluding hydrogens is 362 g/mol. The lowest BCUT2D eigenvalue weighted by molar-refractivity contribution is -0.155. The van der Waals surface area contributed by atoms with Crippen LogP contribution in [0.3, 0.4) is 0 Å². The van der Waals surface area contributed by atoms with Crippen molar-refractivity contribution in [1.82, 2.24) is 14.7 Å². The van der Waals surface area contributed by atoms with Crippen LogP contribution >= 0.6 is 22.9 Å². The van der Waals surface area contributed by atoms with Crippen molar-refractivity contribution in [3.8, 4) is 0 Å². The summed E-state index contributed by atoms with van der Waals surface area (Å²) in [6, 6.07) is 3.21. The number of rotatable bonds is 6. The van der Waals surface area contributed by atoms with E-state index in [1.54, 1.807) is 22.8 Å². The fourth-order valence-corrected chi connectivity index (χ4v) is 4.44. The van der Waals surface area contributed by atoms with E-state index in [9.17, 15) is 14.4 Å². The number of hydrogen-bond donors (Lipinski definition) is 0. The van der Waals surface area contributed by atoms with Crippen molar-refractivity contribution in [2.75, 3.05) is 26.2 Å². The van der Waals surface area contributed by atoms with E-state index in [1.165, 1.54) is 11.3 Å². The minimum Gasteiger partial charge on any atom is -0.343 e. The molecule has 136 valence electrons. The van der Waals surface area contributed by atoms with Gasteiger partial charge in [0.15, 0.2) is 0 Å². The van der Waals surface area contributed by atoms with Crippen molar-refractivity contribution in [2.45, 2.75) is 38.8 Å². The van der Waals surface area contributed by atoms with Gasteiger partial charge in [-0.1, -0.05) is 11.6 Å². The molecule has 2 aliphatic heterocycles. The van der Waals surface area contributed by atoms with Gasteiger partial charge in [-0.3, -0.25) is 14.4 Å². The molecule has 2 fully saturated rings. The van der Waals surface area contributed by atoms with Crippen LogP contribution in [0.2, 0.25) is 4.34 Å². The molecule has 1 aromatic rings. The largest absolute Gasteiger partial charge is 0.343 e. The lowest BCUT2D eigenvalue weighted by Crippen LogP contribution is -2.58. The minimum absolute atomic E-state index is 0.0324. The number of carbonyl (C=O) groups excluding carboxylic acids is 3. The molecule has 0 spiro atoms. The maximum absolute atomic E-state index is 12.6. The second-order valence-electron chi connectivity index (χ2n) is 6.50. The molecule has 0 N–H and O–H groups in total. The second-order valence-corrected chi connectivity index (χ2v) is 8.30. The van der Waals surface area contributed by atoms with Crippen LogP contribution in [0.1, 0.15) is 31.1 Å². The zero-order chi connectivity index (χ0) is 18.0. The van der Waals surface area contributed by atoms with Gasteiger partial charge in [0.1, 0.15) is 6.04 Å². The number of nitrogens with zero attached hydrogens (tertiary/aromatic N) is 3. The van der Waals surface area contributed by atoms with E-state index in [4.69, 9.17) is 11.6 Å². The minimum atomic E-state index is -0.476. The Morgan fingerprint density at radius 1 is 1.16 bits per heavy atom. The van der Waals surface area contributed by atoms with Gasteiger partial charge in [0.2, 0.25) is 17.7 Å². The van der Waals surface area contributed by atoms with Crippen molar-refractivity contribution in [3.63, 3.8) is 0 Å². The first-order chi connectivity index (χ1) is 12.0. The van der Waals surface area contributed by atoms with E-state index in [0.717, 1.165) is 17.8 Å². The predicted octanol–water partition coefficient (Wildman–Crippen LogP) is 1.97. The van der Waals surface area contributed by atoms with Crippen LogP contribution < -0.4 is 0 Å². The third-order valence-corrected chi connectivity index (χ3v) is 5.98. The van der Waals surface area contributed by atoms with Crippen LogP contribution in [0.15, 0.2) is 12.1 Å². The molecule has 25 heavy (non-hydrogen) atoms. The SMILES string of the molecule is C[C@H]1C(=O)N(CCCN2CCCC2=O)CC(=O)N1Cc1ccc(Cl)s1. The maximum Gasteiger partial charge on any atom is 0.245 e. The average Bonchev–Trinajstić information content (AvgIpc) is 3.17. The molecule has 3 heterocycles. The average molecular weight is 384 g/mol. The zero-order valence-electron chi connectivity index (χ0n) is 14.2. The third kappa shape index (κ3) is 4.15. The molecule has 3 amide bonds. The lowest BCUT2D eigenvalue weighted by atomic mass is 10.1. The van der Waals surface area contributed by atoms with Crippen molar-refractivity contribution in [3.05, 3.63) is 21.3 Å². The summed E-state index contributed by atoms with van der Waals surface area (Å²) in [5.74, 6) is 0.110. The van der Waals surface area contributed by atoms with Gasteiger partial charge < -0.3 is 14.7 Å². The van der Waals surface area contributed by atoms with Gasteiger partial charge >= 0.3 is 0 Å².